The van der Waals surface area contributed by atoms with Crippen molar-refractivity contribution in [2.24, 2.45) is 5.92 Å². The van der Waals surface area contributed by atoms with Crippen LogP contribution in [-0.4, -0.2) is 23.4 Å². The van der Waals surface area contributed by atoms with Crippen LogP contribution in [0.4, 0.5) is 8.78 Å². The number of hydrogen-bond acceptors (Lipinski definition) is 2. The van der Waals surface area contributed by atoms with Gasteiger partial charge in [-0.25, -0.2) is 8.78 Å². The zero-order chi connectivity index (χ0) is 8.43. The molecule has 11 heavy (non-hydrogen) atoms. The molecule has 1 rings (SSSR count). The van der Waals surface area contributed by atoms with Gasteiger partial charge in [-0.15, -0.1) is 0 Å². The van der Waals surface area contributed by atoms with Crippen molar-refractivity contribution in [3.8, 4) is 0 Å². The number of aliphatic hydroxyl groups is 1. The Kier molecular flexibility index (Phi) is 2.54. The fourth-order valence-corrected chi connectivity index (χ4v) is 1.38. The molecule has 1 N–H and O–H groups in total. The first-order chi connectivity index (χ1) is 5.13. The normalized spacial score (nSPS) is 28.0. The number of alkyl halides is 2. The van der Waals surface area contributed by atoms with E-state index in [1.807, 2.05) is 0 Å². The summed E-state index contributed by atoms with van der Waals surface area (Å²) >= 11 is 0. The maximum atomic E-state index is 11.9. The van der Waals surface area contributed by atoms with Gasteiger partial charge < -0.3 is 5.11 Å². The second kappa shape index (κ2) is 3.26. The van der Waals surface area contributed by atoms with Gasteiger partial charge in [0.2, 0.25) is 0 Å². The molecule has 0 saturated heterocycles. The highest BCUT2D eigenvalue weighted by Crippen LogP contribution is 2.27. The fraction of sp³-hybridized carbons (Fsp3) is 0.857. The van der Waals surface area contributed by atoms with E-state index in [0.717, 1.165) is 0 Å². The summed E-state index contributed by atoms with van der Waals surface area (Å²) in [5.74, 6) is -1.03. The van der Waals surface area contributed by atoms with E-state index < -0.39 is 18.4 Å². The van der Waals surface area contributed by atoms with Crippen LogP contribution in [-0.2, 0) is 4.79 Å². The first kappa shape index (κ1) is 8.59. The molecule has 1 saturated carbocycles. The van der Waals surface area contributed by atoms with Crippen LogP contribution in [0.2, 0.25) is 0 Å². The number of ketones is 1. The van der Waals surface area contributed by atoms with Crippen LogP contribution in [0.1, 0.15) is 19.3 Å². The number of carbonyl (C=O) groups is 1. The van der Waals surface area contributed by atoms with Crippen molar-refractivity contribution in [2.75, 3.05) is 0 Å². The molecule has 0 aromatic heterocycles. The third-order valence-electron chi connectivity index (χ3n) is 2.02. The highest BCUT2D eigenvalue weighted by Gasteiger charge is 2.35. The lowest BCUT2D eigenvalue weighted by Gasteiger charge is -2.14. The van der Waals surface area contributed by atoms with E-state index in [-0.39, 0.29) is 5.78 Å². The van der Waals surface area contributed by atoms with Gasteiger partial charge in [-0.3, -0.25) is 4.79 Å². The molecule has 0 radical (unpaired) electrons. The number of Topliss-reactive ketones (excluding diaryl/α,β-unsaturated/α-hetero) is 1. The molecule has 0 aromatic carbocycles. The number of halogens is 2. The number of carbonyl (C=O) groups excluding carboxylic acids is 1. The van der Waals surface area contributed by atoms with Crippen LogP contribution in [0.3, 0.4) is 0 Å². The molecule has 0 bridgehead atoms. The van der Waals surface area contributed by atoms with Crippen molar-refractivity contribution in [3.63, 3.8) is 0 Å². The molecule has 2 atom stereocenters. The summed E-state index contributed by atoms with van der Waals surface area (Å²) in [5, 5.41) is 8.83. The predicted octanol–water partition coefficient (Wildman–Crippen LogP) is 0.982. The van der Waals surface area contributed by atoms with Gasteiger partial charge in [0.1, 0.15) is 11.9 Å². The lowest BCUT2D eigenvalue weighted by atomic mass is 10.0. The summed E-state index contributed by atoms with van der Waals surface area (Å²) < 4.78 is 23.7. The molecule has 4 heteroatoms. The van der Waals surface area contributed by atoms with Crippen molar-refractivity contribution in [1.82, 2.24) is 0 Å². The van der Waals surface area contributed by atoms with Crippen LogP contribution in [0, 0.1) is 5.92 Å². The van der Waals surface area contributed by atoms with Crippen LogP contribution >= 0.6 is 0 Å². The summed E-state index contributed by atoms with van der Waals surface area (Å²) in [4.78, 5) is 10.8. The van der Waals surface area contributed by atoms with Gasteiger partial charge in [0.25, 0.3) is 6.43 Å². The van der Waals surface area contributed by atoms with Gasteiger partial charge in [-0.05, 0) is 12.8 Å². The second-order valence-corrected chi connectivity index (χ2v) is 2.79. The van der Waals surface area contributed by atoms with E-state index >= 15 is 0 Å². The standard InChI is InChI=1S/C7H10F2O2/c8-7(9)6(11)4-2-1-3-5(4)10/h4,6-7,11H,1-3H2/t4-,6+/m1/s1. The molecule has 1 fully saturated rings. The van der Waals surface area contributed by atoms with Gasteiger partial charge in [0.15, 0.2) is 0 Å². The van der Waals surface area contributed by atoms with E-state index in [4.69, 9.17) is 5.11 Å². The van der Waals surface area contributed by atoms with Gasteiger partial charge in [0, 0.05) is 12.3 Å². The SMILES string of the molecule is O=C1CCC[C@H]1[C@H](O)C(F)F. The number of aliphatic hydroxyl groups excluding tert-OH is 1. The molecule has 0 aliphatic heterocycles. The van der Waals surface area contributed by atoms with Crippen molar-refractivity contribution in [3.05, 3.63) is 0 Å². The molecule has 1 aliphatic rings. The third-order valence-corrected chi connectivity index (χ3v) is 2.02. The van der Waals surface area contributed by atoms with Crippen molar-refractivity contribution in [2.45, 2.75) is 31.8 Å². The summed E-state index contributed by atoms with van der Waals surface area (Å²) in [6, 6.07) is 0. The maximum absolute atomic E-state index is 11.9. The van der Waals surface area contributed by atoms with E-state index in [9.17, 15) is 13.6 Å². The van der Waals surface area contributed by atoms with E-state index in [2.05, 4.69) is 0 Å². The first-order valence-electron chi connectivity index (χ1n) is 3.62. The van der Waals surface area contributed by atoms with Crippen LogP contribution < -0.4 is 0 Å². The molecule has 0 unspecified atom stereocenters. The molecule has 64 valence electrons. The minimum atomic E-state index is -2.79. The summed E-state index contributed by atoms with van der Waals surface area (Å²) in [6.45, 7) is 0. The van der Waals surface area contributed by atoms with Crippen molar-refractivity contribution in [1.29, 1.82) is 0 Å². The van der Waals surface area contributed by atoms with Gasteiger partial charge in [-0.1, -0.05) is 0 Å². The van der Waals surface area contributed by atoms with Gasteiger partial charge in [-0.2, -0.15) is 0 Å². The van der Waals surface area contributed by atoms with Crippen molar-refractivity contribution < 1.29 is 18.7 Å². The average molecular weight is 164 g/mol. The van der Waals surface area contributed by atoms with Gasteiger partial charge in [0.05, 0.1) is 0 Å². The van der Waals surface area contributed by atoms with Crippen LogP contribution in [0.5, 0.6) is 0 Å². The zero-order valence-electron chi connectivity index (χ0n) is 5.96. The molecule has 0 heterocycles. The Hall–Kier alpha value is -0.510. The van der Waals surface area contributed by atoms with E-state index in [1.54, 1.807) is 0 Å². The molecular weight excluding hydrogens is 154 g/mol. The maximum Gasteiger partial charge on any atom is 0.264 e. The fourth-order valence-electron chi connectivity index (χ4n) is 1.38. The Morgan fingerprint density at radius 1 is 1.55 bits per heavy atom. The quantitative estimate of drug-likeness (QED) is 0.660. The molecule has 0 aromatic rings. The molecule has 2 nitrogen and oxygen atoms in total. The summed E-state index contributed by atoms with van der Waals surface area (Å²) in [5.41, 5.74) is 0. The molecule has 0 spiro atoms. The monoisotopic (exact) mass is 164 g/mol. The Bertz CT molecular complexity index is 159. The topological polar surface area (TPSA) is 37.3 Å². The predicted molar refractivity (Wildman–Crippen MR) is 34.4 cm³/mol. The molecule has 0 amide bonds. The highest BCUT2D eigenvalue weighted by molar-refractivity contribution is 5.83. The Labute approximate surface area is 63.2 Å². The highest BCUT2D eigenvalue weighted by atomic mass is 19.3. The largest absolute Gasteiger partial charge is 0.386 e. The number of rotatable bonds is 2. The molecular formula is C7H10F2O2. The Morgan fingerprint density at radius 2 is 2.18 bits per heavy atom. The Balaban J connectivity index is 2.52. The van der Waals surface area contributed by atoms with Crippen LogP contribution in [0.25, 0.3) is 0 Å². The van der Waals surface area contributed by atoms with Crippen molar-refractivity contribution >= 4 is 5.78 Å². The third kappa shape index (κ3) is 1.74. The van der Waals surface area contributed by atoms with E-state index in [1.165, 1.54) is 0 Å². The molecule has 1 aliphatic carbocycles. The zero-order valence-corrected chi connectivity index (χ0v) is 5.96. The minimum absolute atomic E-state index is 0.224. The second-order valence-electron chi connectivity index (χ2n) is 2.79. The lowest BCUT2D eigenvalue weighted by molar-refractivity contribution is -0.128. The first-order valence-corrected chi connectivity index (χ1v) is 3.62. The average Bonchev–Trinajstić information content (AvgIpc) is 2.33. The van der Waals surface area contributed by atoms with E-state index in [0.29, 0.717) is 19.3 Å². The van der Waals surface area contributed by atoms with Crippen LogP contribution in [0.15, 0.2) is 0 Å². The van der Waals surface area contributed by atoms with Gasteiger partial charge >= 0.3 is 0 Å². The lowest BCUT2D eigenvalue weighted by Crippen LogP contribution is -2.30. The Morgan fingerprint density at radius 3 is 2.55 bits per heavy atom. The summed E-state index contributed by atoms with van der Waals surface area (Å²) in [7, 11) is 0. The smallest absolute Gasteiger partial charge is 0.264 e. The number of hydrogen-bond donors (Lipinski definition) is 1. The minimum Gasteiger partial charge on any atom is -0.386 e. The summed E-state index contributed by atoms with van der Waals surface area (Å²) in [6.07, 6.45) is -3.15.